The van der Waals surface area contributed by atoms with Gasteiger partial charge in [0.05, 0.1) is 25.6 Å². The number of ketones is 1. The first-order valence-corrected chi connectivity index (χ1v) is 13.5. The molecule has 0 radical (unpaired) electrons. The van der Waals surface area contributed by atoms with E-state index in [1.165, 1.54) is 11.0 Å². The van der Waals surface area contributed by atoms with Crippen LogP contribution in [0.4, 0.5) is 0 Å². The molecule has 0 bridgehead atoms. The molecule has 2 atom stereocenters. The molecule has 1 aliphatic heterocycles. The van der Waals surface area contributed by atoms with Crippen molar-refractivity contribution in [3.05, 3.63) is 42.5 Å². The minimum atomic E-state index is -1.38. The van der Waals surface area contributed by atoms with E-state index in [4.69, 9.17) is 14.9 Å². The number of amides is 4. The summed E-state index contributed by atoms with van der Waals surface area (Å²) in [6.07, 6.45) is 2.57. The van der Waals surface area contributed by atoms with Crippen molar-refractivity contribution in [3.63, 3.8) is 0 Å². The summed E-state index contributed by atoms with van der Waals surface area (Å²) in [5.74, 6) is -2.33. The van der Waals surface area contributed by atoms with Crippen molar-refractivity contribution in [2.75, 3.05) is 26.2 Å². The van der Waals surface area contributed by atoms with Gasteiger partial charge in [-0.15, -0.1) is 6.58 Å². The summed E-state index contributed by atoms with van der Waals surface area (Å²) >= 11 is 0. The quantitative estimate of drug-likeness (QED) is 0.0764. The van der Waals surface area contributed by atoms with E-state index < -0.39 is 41.9 Å². The predicted molar refractivity (Wildman–Crippen MR) is 146 cm³/mol. The first-order valence-electron chi connectivity index (χ1n) is 13.5. The van der Waals surface area contributed by atoms with Crippen LogP contribution in [0.3, 0.4) is 0 Å². The average Bonchev–Trinajstić information content (AvgIpc) is 3.42. The van der Waals surface area contributed by atoms with Crippen molar-refractivity contribution in [3.8, 4) is 5.75 Å². The van der Waals surface area contributed by atoms with Gasteiger partial charge in [-0.1, -0.05) is 31.6 Å². The molecular formula is C28H40N4O8. The van der Waals surface area contributed by atoms with Crippen LogP contribution in [0.5, 0.6) is 5.75 Å². The van der Waals surface area contributed by atoms with Gasteiger partial charge in [-0.05, 0) is 43.4 Å². The third-order valence-electron chi connectivity index (χ3n) is 6.29. The van der Waals surface area contributed by atoms with Crippen LogP contribution in [-0.2, 0) is 30.4 Å². The highest BCUT2D eigenvalue weighted by molar-refractivity contribution is 6.38. The summed E-state index contributed by atoms with van der Waals surface area (Å²) in [5.41, 5.74) is 0.673. The molecule has 1 fully saturated rings. The van der Waals surface area contributed by atoms with E-state index >= 15 is 0 Å². The SMILES string of the molecule is C=CCNC(=O)C(=O)C(CCC)NC(=O)C1CCCN1C(=O)CNC(=O)Cc1cccc(OCCCC(O)O)c1. The molecular weight excluding hydrogens is 520 g/mol. The molecule has 1 heterocycles. The number of rotatable bonds is 17. The number of ether oxygens (including phenoxy) is 1. The van der Waals surface area contributed by atoms with Crippen LogP contribution in [0.1, 0.15) is 51.0 Å². The van der Waals surface area contributed by atoms with Crippen LogP contribution in [0, 0.1) is 0 Å². The van der Waals surface area contributed by atoms with Crippen molar-refractivity contribution in [2.24, 2.45) is 0 Å². The molecule has 2 unspecified atom stereocenters. The van der Waals surface area contributed by atoms with Gasteiger partial charge in [0.25, 0.3) is 5.91 Å². The number of aliphatic hydroxyl groups excluding tert-OH is 1. The lowest BCUT2D eigenvalue weighted by atomic mass is 10.1. The fourth-order valence-electron chi connectivity index (χ4n) is 4.30. The molecule has 1 saturated heterocycles. The topological polar surface area (TPSA) is 174 Å². The van der Waals surface area contributed by atoms with E-state index in [0.29, 0.717) is 50.1 Å². The Hall–Kier alpha value is -3.77. The zero-order valence-corrected chi connectivity index (χ0v) is 22.9. The number of aliphatic hydroxyl groups is 2. The molecule has 4 amide bonds. The number of hydrogen-bond donors (Lipinski definition) is 5. The lowest BCUT2D eigenvalue weighted by molar-refractivity contribution is -0.142. The van der Waals surface area contributed by atoms with Gasteiger partial charge in [-0.2, -0.15) is 0 Å². The molecule has 0 saturated carbocycles. The molecule has 1 aromatic rings. The second-order valence-corrected chi connectivity index (χ2v) is 9.53. The first-order chi connectivity index (χ1) is 19.2. The first kappa shape index (κ1) is 32.4. The molecule has 12 nitrogen and oxygen atoms in total. The molecule has 40 heavy (non-hydrogen) atoms. The Labute approximate surface area is 234 Å². The van der Waals surface area contributed by atoms with E-state index in [2.05, 4.69) is 22.5 Å². The van der Waals surface area contributed by atoms with Crippen LogP contribution in [0.15, 0.2) is 36.9 Å². The predicted octanol–water partition coefficient (Wildman–Crippen LogP) is -0.0378. The van der Waals surface area contributed by atoms with E-state index in [-0.39, 0.29) is 38.3 Å². The zero-order valence-electron chi connectivity index (χ0n) is 22.9. The van der Waals surface area contributed by atoms with Crippen molar-refractivity contribution >= 4 is 29.4 Å². The summed E-state index contributed by atoms with van der Waals surface area (Å²) in [5, 5.41) is 25.4. The van der Waals surface area contributed by atoms with E-state index in [9.17, 15) is 24.0 Å². The Morgan fingerprint density at radius 2 is 1.95 bits per heavy atom. The average molecular weight is 561 g/mol. The fraction of sp³-hybridized carbons (Fsp3) is 0.536. The largest absolute Gasteiger partial charge is 0.494 e. The minimum Gasteiger partial charge on any atom is -0.494 e. The number of Topliss-reactive ketones (excluding diaryl/α,β-unsaturated/α-hetero) is 1. The smallest absolute Gasteiger partial charge is 0.289 e. The molecule has 12 heteroatoms. The number of hydrogen-bond acceptors (Lipinski definition) is 8. The van der Waals surface area contributed by atoms with Gasteiger partial charge in [-0.25, -0.2) is 0 Å². The lowest BCUT2D eigenvalue weighted by Gasteiger charge is -2.26. The standard InChI is InChI=1S/C28H40N4O8/c1-3-8-21(26(37)28(39)29-13-4-2)31-27(38)22-11-6-14-32(22)24(34)18-30-23(33)17-19-9-5-10-20(16-19)40-15-7-12-25(35)36/h4-5,9-10,16,21-22,25,35-36H,2-3,6-8,11-15,17-18H2,1H3,(H,29,39)(H,30,33)(H,31,38). The highest BCUT2D eigenvalue weighted by atomic mass is 16.5. The Morgan fingerprint density at radius 1 is 1.18 bits per heavy atom. The number of nitrogens with one attached hydrogen (secondary N) is 3. The third kappa shape index (κ3) is 10.8. The molecule has 0 spiro atoms. The normalized spacial score (nSPS) is 15.3. The maximum absolute atomic E-state index is 13.0. The molecule has 0 aromatic heterocycles. The van der Waals surface area contributed by atoms with Gasteiger partial charge >= 0.3 is 0 Å². The maximum atomic E-state index is 13.0. The molecule has 1 aromatic carbocycles. The Kier molecular flexibility index (Phi) is 13.8. The van der Waals surface area contributed by atoms with Crippen molar-refractivity contribution < 1.29 is 38.9 Å². The number of carbonyl (C=O) groups excluding carboxylic acids is 5. The summed E-state index contributed by atoms with van der Waals surface area (Å²) < 4.78 is 5.57. The van der Waals surface area contributed by atoms with Crippen LogP contribution in [0.25, 0.3) is 0 Å². The van der Waals surface area contributed by atoms with Crippen LogP contribution < -0.4 is 20.7 Å². The Bertz CT molecular complexity index is 1040. The van der Waals surface area contributed by atoms with Crippen LogP contribution in [-0.4, -0.2) is 89.1 Å². The molecule has 220 valence electrons. The summed E-state index contributed by atoms with van der Waals surface area (Å²) in [6.45, 7) is 5.79. The number of likely N-dealkylation sites (tertiary alicyclic amines) is 1. The fourth-order valence-corrected chi connectivity index (χ4v) is 4.30. The van der Waals surface area contributed by atoms with Gasteiger partial charge < -0.3 is 35.8 Å². The van der Waals surface area contributed by atoms with E-state index in [0.717, 1.165) is 0 Å². The van der Waals surface area contributed by atoms with E-state index in [1.54, 1.807) is 24.3 Å². The monoisotopic (exact) mass is 560 g/mol. The minimum absolute atomic E-state index is 0.0124. The lowest BCUT2D eigenvalue weighted by Crippen LogP contribution is -2.54. The highest BCUT2D eigenvalue weighted by Gasteiger charge is 2.36. The van der Waals surface area contributed by atoms with Crippen molar-refractivity contribution in [1.29, 1.82) is 0 Å². The van der Waals surface area contributed by atoms with E-state index in [1.807, 2.05) is 6.92 Å². The second-order valence-electron chi connectivity index (χ2n) is 9.53. The Morgan fingerprint density at radius 3 is 2.65 bits per heavy atom. The third-order valence-corrected chi connectivity index (χ3v) is 6.29. The highest BCUT2D eigenvalue weighted by Crippen LogP contribution is 2.18. The second kappa shape index (κ2) is 17.0. The molecule has 5 N–H and O–H groups in total. The number of benzene rings is 1. The number of carbonyl (C=O) groups is 5. The molecule has 1 aliphatic rings. The van der Waals surface area contributed by atoms with Gasteiger partial charge in [0.2, 0.25) is 23.5 Å². The molecule has 2 rings (SSSR count). The summed E-state index contributed by atoms with van der Waals surface area (Å²) in [6, 6.07) is 5.11. The van der Waals surface area contributed by atoms with Gasteiger partial charge in [-0.3, -0.25) is 24.0 Å². The zero-order chi connectivity index (χ0) is 29.5. The van der Waals surface area contributed by atoms with Crippen LogP contribution in [0.2, 0.25) is 0 Å². The maximum Gasteiger partial charge on any atom is 0.289 e. The summed E-state index contributed by atoms with van der Waals surface area (Å²) in [7, 11) is 0. The number of nitrogens with zero attached hydrogens (tertiary/aromatic N) is 1. The van der Waals surface area contributed by atoms with Crippen molar-refractivity contribution in [1.82, 2.24) is 20.9 Å². The van der Waals surface area contributed by atoms with Gasteiger partial charge in [0, 0.05) is 19.5 Å². The van der Waals surface area contributed by atoms with Gasteiger partial charge in [0.1, 0.15) is 11.8 Å². The summed E-state index contributed by atoms with van der Waals surface area (Å²) in [4.78, 5) is 64.4. The van der Waals surface area contributed by atoms with Gasteiger partial charge in [0.15, 0.2) is 6.29 Å². The Balaban J connectivity index is 1.87. The molecule has 0 aliphatic carbocycles. The van der Waals surface area contributed by atoms with Crippen LogP contribution >= 0.6 is 0 Å². The van der Waals surface area contributed by atoms with Crippen molar-refractivity contribution in [2.45, 2.75) is 70.2 Å².